The lowest BCUT2D eigenvalue weighted by atomic mass is 9.78. The van der Waals surface area contributed by atoms with Crippen LogP contribution in [0.15, 0.2) is 24.3 Å². The third-order valence-corrected chi connectivity index (χ3v) is 4.69. The van der Waals surface area contributed by atoms with Crippen molar-refractivity contribution in [1.29, 1.82) is 0 Å². The van der Waals surface area contributed by atoms with Gasteiger partial charge in [0.25, 0.3) is 0 Å². The Kier molecular flexibility index (Phi) is 5.12. The van der Waals surface area contributed by atoms with Crippen LogP contribution in [0.2, 0.25) is 0 Å². The number of nitrogens with zero attached hydrogens (tertiary/aromatic N) is 1. The van der Waals surface area contributed by atoms with E-state index in [2.05, 4.69) is 5.32 Å². The smallest absolute Gasteiger partial charge is 0.229 e. The Bertz CT molecular complexity index is 484. The van der Waals surface area contributed by atoms with Crippen LogP contribution in [-0.2, 0) is 11.3 Å². The van der Waals surface area contributed by atoms with Gasteiger partial charge in [0, 0.05) is 13.1 Å². The summed E-state index contributed by atoms with van der Waals surface area (Å²) >= 11 is 0. The van der Waals surface area contributed by atoms with Gasteiger partial charge in [-0.15, -0.1) is 12.4 Å². The first-order valence-electron chi connectivity index (χ1n) is 7.37. The van der Waals surface area contributed by atoms with Gasteiger partial charge in [-0.1, -0.05) is 12.1 Å². The first kappa shape index (κ1) is 16.1. The number of hydrogen-bond donors (Lipinski definition) is 1. The predicted molar refractivity (Wildman–Crippen MR) is 84.8 cm³/mol. The molecule has 2 heterocycles. The Balaban J connectivity index is 0.00000161. The van der Waals surface area contributed by atoms with Gasteiger partial charge < -0.3 is 15.0 Å². The number of ether oxygens (including phenoxy) is 1. The number of piperidine rings is 1. The molecule has 116 valence electrons. The molecule has 2 aliphatic heterocycles. The second-order valence-electron chi connectivity index (χ2n) is 5.86. The van der Waals surface area contributed by atoms with Gasteiger partial charge >= 0.3 is 0 Å². The van der Waals surface area contributed by atoms with Crippen LogP contribution in [0.1, 0.15) is 24.8 Å². The van der Waals surface area contributed by atoms with Gasteiger partial charge in [-0.3, -0.25) is 4.79 Å². The molecule has 0 radical (unpaired) electrons. The molecule has 1 aromatic carbocycles. The largest absolute Gasteiger partial charge is 0.497 e. The number of carbonyl (C=O) groups is 1. The summed E-state index contributed by atoms with van der Waals surface area (Å²) in [6, 6.07) is 7.99. The van der Waals surface area contributed by atoms with E-state index in [1.54, 1.807) is 7.11 Å². The number of carbonyl (C=O) groups excluding carboxylic acids is 1. The van der Waals surface area contributed by atoms with E-state index in [4.69, 9.17) is 4.74 Å². The van der Waals surface area contributed by atoms with Crippen molar-refractivity contribution < 1.29 is 9.53 Å². The van der Waals surface area contributed by atoms with E-state index in [9.17, 15) is 4.79 Å². The SMILES string of the molecule is COc1ccc(CN2CCC3(CCNCC3)C2=O)cc1.Cl. The molecule has 0 aliphatic carbocycles. The number of hydrogen-bond acceptors (Lipinski definition) is 3. The minimum atomic E-state index is -0.0717. The summed E-state index contributed by atoms with van der Waals surface area (Å²) in [6.07, 6.45) is 3.00. The normalized spacial score (nSPS) is 20.4. The topological polar surface area (TPSA) is 41.6 Å². The molecule has 0 aromatic heterocycles. The minimum absolute atomic E-state index is 0. The molecule has 4 nitrogen and oxygen atoms in total. The molecule has 2 saturated heterocycles. The van der Waals surface area contributed by atoms with Gasteiger partial charge in [0.15, 0.2) is 0 Å². The van der Waals surface area contributed by atoms with Crippen LogP contribution < -0.4 is 10.1 Å². The van der Waals surface area contributed by atoms with Crippen molar-refractivity contribution in [2.75, 3.05) is 26.7 Å². The zero-order chi connectivity index (χ0) is 14.0. The number of likely N-dealkylation sites (tertiary alicyclic amines) is 1. The third-order valence-electron chi connectivity index (χ3n) is 4.69. The number of benzene rings is 1. The van der Waals surface area contributed by atoms with E-state index in [-0.39, 0.29) is 17.8 Å². The Labute approximate surface area is 132 Å². The zero-order valence-electron chi connectivity index (χ0n) is 12.4. The minimum Gasteiger partial charge on any atom is -0.497 e. The maximum Gasteiger partial charge on any atom is 0.229 e. The summed E-state index contributed by atoms with van der Waals surface area (Å²) in [5.41, 5.74) is 1.10. The monoisotopic (exact) mass is 310 g/mol. The van der Waals surface area contributed by atoms with Crippen LogP contribution >= 0.6 is 12.4 Å². The summed E-state index contributed by atoms with van der Waals surface area (Å²) in [7, 11) is 1.67. The fraction of sp³-hybridized carbons (Fsp3) is 0.562. The number of methoxy groups -OCH3 is 1. The summed E-state index contributed by atoms with van der Waals surface area (Å²) in [5.74, 6) is 1.21. The lowest BCUT2D eigenvalue weighted by Gasteiger charge is -2.32. The molecule has 1 amide bonds. The average molecular weight is 311 g/mol. The number of halogens is 1. The summed E-state index contributed by atoms with van der Waals surface area (Å²) in [4.78, 5) is 14.7. The molecular weight excluding hydrogens is 288 g/mol. The van der Waals surface area contributed by atoms with Gasteiger partial charge in [0.05, 0.1) is 12.5 Å². The molecule has 2 fully saturated rings. The molecule has 5 heteroatoms. The van der Waals surface area contributed by atoms with Crippen molar-refractivity contribution >= 4 is 18.3 Å². The van der Waals surface area contributed by atoms with Crippen LogP contribution in [-0.4, -0.2) is 37.6 Å². The van der Waals surface area contributed by atoms with Crippen molar-refractivity contribution in [3.05, 3.63) is 29.8 Å². The molecule has 21 heavy (non-hydrogen) atoms. The van der Waals surface area contributed by atoms with Gasteiger partial charge in [-0.05, 0) is 50.0 Å². The van der Waals surface area contributed by atoms with Crippen molar-refractivity contribution in [1.82, 2.24) is 10.2 Å². The molecule has 1 spiro atoms. The van der Waals surface area contributed by atoms with Crippen LogP contribution in [0, 0.1) is 5.41 Å². The van der Waals surface area contributed by atoms with Crippen molar-refractivity contribution in [2.45, 2.75) is 25.8 Å². The molecule has 2 aliphatic rings. The van der Waals surface area contributed by atoms with Crippen molar-refractivity contribution in [3.63, 3.8) is 0 Å². The van der Waals surface area contributed by atoms with E-state index in [1.165, 1.54) is 5.56 Å². The third kappa shape index (κ3) is 3.16. The fourth-order valence-electron chi connectivity index (χ4n) is 3.36. The van der Waals surface area contributed by atoms with E-state index in [1.807, 2.05) is 29.2 Å². The molecule has 0 atom stereocenters. The molecule has 0 bridgehead atoms. The Morgan fingerprint density at radius 3 is 2.48 bits per heavy atom. The summed E-state index contributed by atoms with van der Waals surface area (Å²) < 4.78 is 5.16. The average Bonchev–Trinajstić information content (AvgIpc) is 2.78. The highest BCUT2D eigenvalue weighted by molar-refractivity contribution is 5.85. The van der Waals surface area contributed by atoms with Gasteiger partial charge in [-0.25, -0.2) is 0 Å². The van der Waals surface area contributed by atoms with Gasteiger partial charge in [0.1, 0.15) is 5.75 Å². The van der Waals surface area contributed by atoms with Gasteiger partial charge in [0.2, 0.25) is 5.91 Å². The molecule has 0 saturated carbocycles. The fourth-order valence-corrected chi connectivity index (χ4v) is 3.36. The Hall–Kier alpha value is -1.26. The molecule has 3 rings (SSSR count). The first-order valence-corrected chi connectivity index (χ1v) is 7.37. The highest BCUT2D eigenvalue weighted by atomic mass is 35.5. The molecule has 1 N–H and O–H groups in total. The molecule has 0 unspecified atom stereocenters. The van der Waals surface area contributed by atoms with Crippen LogP contribution in [0.25, 0.3) is 0 Å². The number of rotatable bonds is 3. The number of amides is 1. The maximum atomic E-state index is 12.7. The van der Waals surface area contributed by atoms with E-state index in [0.29, 0.717) is 5.91 Å². The first-order chi connectivity index (χ1) is 9.73. The highest BCUT2D eigenvalue weighted by Gasteiger charge is 2.46. The maximum absolute atomic E-state index is 12.7. The second-order valence-corrected chi connectivity index (χ2v) is 5.86. The number of nitrogens with one attached hydrogen (secondary N) is 1. The summed E-state index contributed by atoms with van der Waals surface area (Å²) in [6.45, 7) is 3.56. The summed E-state index contributed by atoms with van der Waals surface area (Å²) in [5, 5.41) is 3.35. The quantitative estimate of drug-likeness (QED) is 0.931. The van der Waals surface area contributed by atoms with Crippen LogP contribution in [0.5, 0.6) is 5.75 Å². The molecular formula is C16H23ClN2O2. The standard InChI is InChI=1S/C16H22N2O2.ClH/c1-20-14-4-2-13(3-5-14)12-18-11-8-16(15(18)19)6-9-17-10-7-16;/h2-5,17H,6-12H2,1H3;1H. The Morgan fingerprint density at radius 2 is 1.86 bits per heavy atom. The second kappa shape index (κ2) is 6.67. The van der Waals surface area contributed by atoms with E-state index in [0.717, 1.165) is 51.2 Å². The van der Waals surface area contributed by atoms with Gasteiger partial charge in [-0.2, -0.15) is 0 Å². The van der Waals surface area contributed by atoms with Crippen LogP contribution in [0.3, 0.4) is 0 Å². The predicted octanol–water partition coefficient (Wildman–Crippen LogP) is 2.22. The highest BCUT2D eigenvalue weighted by Crippen LogP contribution is 2.40. The van der Waals surface area contributed by atoms with Crippen molar-refractivity contribution in [3.8, 4) is 5.75 Å². The lowest BCUT2D eigenvalue weighted by Crippen LogP contribution is -2.42. The molecule has 1 aromatic rings. The lowest BCUT2D eigenvalue weighted by molar-refractivity contribution is -0.137. The Morgan fingerprint density at radius 1 is 1.19 bits per heavy atom. The zero-order valence-corrected chi connectivity index (χ0v) is 13.2. The van der Waals surface area contributed by atoms with Crippen LogP contribution in [0.4, 0.5) is 0 Å². The van der Waals surface area contributed by atoms with E-state index >= 15 is 0 Å². The van der Waals surface area contributed by atoms with E-state index < -0.39 is 0 Å². The van der Waals surface area contributed by atoms with Crippen molar-refractivity contribution in [2.24, 2.45) is 5.41 Å².